The van der Waals surface area contributed by atoms with Gasteiger partial charge in [0.2, 0.25) is 0 Å². The summed E-state index contributed by atoms with van der Waals surface area (Å²) in [7, 11) is 0. The molecule has 1 saturated carbocycles. The highest BCUT2D eigenvalue weighted by atomic mass is 35.5. The molecule has 6 nitrogen and oxygen atoms in total. The van der Waals surface area contributed by atoms with Crippen molar-refractivity contribution in [1.82, 2.24) is 0 Å². The first kappa shape index (κ1) is 27.5. The average Bonchev–Trinajstić information content (AvgIpc) is 2.89. The fraction of sp³-hybridized carbons (Fsp3) is 0.355. The molecule has 0 aliphatic heterocycles. The fourth-order valence-electron chi connectivity index (χ4n) is 5.15. The molecule has 4 rings (SSSR count). The Labute approximate surface area is 230 Å². The summed E-state index contributed by atoms with van der Waals surface area (Å²) in [5.74, 6) is -0.623. The molecule has 3 aromatic carbocycles. The highest BCUT2D eigenvalue weighted by Crippen LogP contribution is 2.37. The maximum absolute atomic E-state index is 13.2. The van der Waals surface area contributed by atoms with Crippen molar-refractivity contribution in [3.05, 3.63) is 76.8 Å². The highest BCUT2D eigenvalue weighted by Gasteiger charge is 2.25. The van der Waals surface area contributed by atoms with E-state index in [4.69, 9.17) is 11.6 Å². The smallest absolute Gasteiger partial charge is 0.336 e. The number of rotatable bonds is 8. The number of carbonyl (C=O) groups is 2. The Hall–Kier alpha value is -3.51. The number of hydrogen-bond acceptors (Lipinski definition) is 3. The summed E-state index contributed by atoms with van der Waals surface area (Å²) in [6, 6.07) is 18.3. The van der Waals surface area contributed by atoms with Gasteiger partial charge in [0.25, 0.3) is 0 Å². The van der Waals surface area contributed by atoms with Gasteiger partial charge in [-0.2, -0.15) is 0 Å². The SMILES string of the molecule is Cc1ccc(NC(=O)Nc2cc(-c3ccc(Cl)cc3C(=O)O)ccc2N(CC(C)C)C2CCCCC2)cc1. The summed E-state index contributed by atoms with van der Waals surface area (Å²) in [5.41, 5.74) is 4.75. The first-order valence-corrected chi connectivity index (χ1v) is 13.7. The zero-order valence-electron chi connectivity index (χ0n) is 22.3. The summed E-state index contributed by atoms with van der Waals surface area (Å²) in [6.45, 7) is 7.26. The number of carbonyl (C=O) groups excluding carboxylic acids is 1. The molecule has 0 aromatic heterocycles. The molecule has 0 heterocycles. The molecule has 0 atom stereocenters. The van der Waals surface area contributed by atoms with E-state index >= 15 is 0 Å². The quantitative estimate of drug-likeness (QED) is 0.271. The van der Waals surface area contributed by atoms with Crippen LogP contribution in [0.25, 0.3) is 11.1 Å². The van der Waals surface area contributed by atoms with Crippen molar-refractivity contribution in [1.29, 1.82) is 0 Å². The molecular formula is C31H36ClN3O3. The number of carboxylic acids is 1. The second-order valence-electron chi connectivity index (χ2n) is 10.5. The number of carboxylic acid groups (broad SMARTS) is 1. The topological polar surface area (TPSA) is 81.7 Å². The fourth-order valence-corrected chi connectivity index (χ4v) is 5.32. The van der Waals surface area contributed by atoms with Gasteiger partial charge < -0.3 is 20.6 Å². The van der Waals surface area contributed by atoms with Gasteiger partial charge in [0.15, 0.2) is 0 Å². The van der Waals surface area contributed by atoms with E-state index in [0.29, 0.717) is 39.5 Å². The summed E-state index contributed by atoms with van der Waals surface area (Å²) >= 11 is 6.10. The van der Waals surface area contributed by atoms with Gasteiger partial charge in [-0.1, -0.05) is 74.5 Å². The predicted molar refractivity (Wildman–Crippen MR) is 157 cm³/mol. The van der Waals surface area contributed by atoms with Gasteiger partial charge in [-0.15, -0.1) is 0 Å². The minimum atomic E-state index is -1.05. The molecule has 1 aliphatic carbocycles. The van der Waals surface area contributed by atoms with Crippen molar-refractivity contribution in [3.8, 4) is 11.1 Å². The number of halogens is 1. The van der Waals surface area contributed by atoms with Gasteiger partial charge in [0, 0.05) is 23.3 Å². The molecule has 3 aromatic rings. The number of hydrogen-bond donors (Lipinski definition) is 3. The normalized spacial score (nSPS) is 13.8. The summed E-state index contributed by atoms with van der Waals surface area (Å²) < 4.78 is 0. The zero-order chi connectivity index (χ0) is 27.2. The lowest BCUT2D eigenvalue weighted by Crippen LogP contribution is -2.40. The van der Waals surface area contributed by atoms with E-state index in [1.165, 1.54) is 25.3 Å². The summed E-state index contributed by atoms with van der Waals surface area (Å²) in [4.78, 5) is 27.6. The van der Waals surface area contributed by atoms with Crippen molar-refractivity contribution >= 4 is 40.7 Å². The Morgan fingerprint density at radius 3 is 2.34 bits per heavy atom. The van der Waals surface area contributed by atoms with Gasteiger partial charge in [0.05, 0.1) is 16.9 Å². The Morgan fingerprint density at radius 2 is 1.68 bits per heavy atom. The van der Waals surface area contributed by atoms with Crippen molar-refractivity contribution in [2.24, 2.45) is 5.92 Å². The van der Waals surface area contributed by atoms with Gasteiger partial charge >= 0.3 is 12.0 Å². The van der Waals surface area contributed by atoms with Crippen LogP contribution in [-0.4, -0.2) is 29.7 Å². The Kier molecular flexibility index (Phi) is 8.95. The lowest BCUT2D eigenvalue weighted by Gasteiger charge is -2.38. The third-order valence-electron chi connectivity index (χ3n) is 6.96. The molecule has 1 aliphatic rings. The molecule has 0 radical (unpaired) electrons. The maximum atomic E-state index is 13.2. The molecule has 2 amide bonds. The van der Waals surface area contributed by atoms with Crippen LogP contribution in [0.2, 0.25) is 5.02 Å². The van der Waals surface area contributed by atoms with Crippen molar-refractivity contribution < 1.29 is 14.7 Å². The number of benzene rings is 3. The molecule has 7 heteroatoms. The lowest BCUT2D eigenvalue weighted by molar-refractivity contribution is 0.0697. The number of amides is 2. The molecule has 0 spiro atoms. The highest BCUT2D eigenvalue weighted by molar-refractivity contribution is 6.31. The van der Waals surface area contributed by atoms with E-state index in [2.05, 4.69) is 29.4 Å². The third-order valence-corrected chi connectivity index (χ3v) is 7.20. The lowest BCUT2D eigenvalue weighted by atomic mass is 9.92. The van der Waals surface area contributed by atoms with E-state index < -0.39 is 5.97 Å². The van der Waals surface area contributed by atoms with Crippen molar-refractivity contribution in [3.63, 3.8) is 0 Å². The number of nitrogens with zero attached hydrogens (tertiary/aromatic N) is 1. The second kappa shape index (κ2) is 12.4. The van der Waals surface area contributed by atoms with Crippen LogP contribution >= 0.6 is 11.6 Å². The third kappa shape index (κ3) is 6.87. The Morgan fingerprint density at radius 1 is 0.974 bits per heavy atom. The number of anilines is 3. The largest absolute Gasteiger partial charge is 0.478 e. The van der Waals surface area contributed by atoms with E-state index in [9.17, 15) is 14.7 Å². The molecule has 0 saturated heterocycles. The van der Waals surface area contributed by atoms with E-state index in [1.807, 2.05) is 49.4 Å². The summed E-state index contributed by atoms with van der Waals surface area (Å²) in [5, 5.41) is 16.2. The van der Waals surface area contributed by atoms with Crippen LogP contribution in [-0.2, 0) is 0 Å². The summed E-state index contributed by atoms with van der Waals surface area (Å²) in [6.07, 6.45) is 5.87. The second-order valence-corrected chi connectivity index (χ2v) is 10.9. The standard InChI is InChI=1S/C31H36ClN3O3/c1-20(2)19-35(25-7-5-4-6-8-25)29-16-11-22(26-15-12-23(32)18-27(26)30(36)37)17-28(29)34-31(38)33-24-13-9-21(3)10-14-24/h9-18,20,25H,4-8,19H2,1-3H3,(H,36,37)(H2,33,34,38). The number of urea groups is 1. The monoisotopic (exact) mass is 533 g/mol. The first-order chi connectivity index (χ1) is 18.2. The van der Waals surface area contributed by atoms with Gasteiger partial charge in [-0.3, -0.25) is 0 Å². The van der Waals surface area contributed by atoms with Gasteiger partial charge in [-0.25, -0.2) is 9.59 Å². The van der Waals surface area contributed by atoms with Gasteiger partial charge in [0.1, 0.15) is 0 Å². The molecule has 38 heavy (non-hydrogen) atoms. The van der Waals surface area contributed by atoms with Crippen LogP contribution in [0, 0.1) is 12.8 Å². The van der Waals surface area contributed by atoms with Crippen LogP contribution in [0.15, 0.2) is 60.7 Å². The molecule has 3 N–H and O–H groups in total. The van der Waals surface area contributed by atoms with Crippen molar-refractivity contribution in [2.75, 3.05) is 22.1 Å². The molecule has 0 unspecified atom stereocenters. The molecule has 200 valence electrons. The minimum absolute atomic E-state index is 0.117. The molecule has 0 bridgehead atoms. The van der Waals surface area contributed by atoms with Crippen LogP contribution in [0.1, 0.15) is 61.9 Å². The predicted octanol–water partition coefficient (Wildman–Crippen LogP) is 8.45. The Balaban J connectivity index is 1.75. The molecule has 1 fully saturated rings. The minimum Gasteiger partial charge on any atom is -0.478 e. The van der Waals surface area contributed by atoms with Crippen LogP contribution in [0.5, 0.6) is 0 Å². The van der Waals surface area contributed by atoms with Crippen LogP contribution in [0.3, 0.4) is 0 Å². The zero-order valence-corrected chi connectivity index (χ0v) is 23.0. The van der Waals surface area contributed by atoms with Gasteiger partial charge in [-0.05, 0) is 73.2 Å². The number of aryl methyl sites for hydroxylation is 1. The first-order valence-electron chi connectivity index (χ1n) is 13.3. The average molecular weight is 534 g/mol. The van der Waals surface area contributed by atoms with Crippen molar-refractivity contribution in [2.45, 2.75) is 58.9 Å². The maximum Gasteiger partial charge on any atom is 0.336 e. The van der Waals surface area contributed by atoms with E-state index in [-0.39, 0.29) is 11.6 Å². The number of nitrogens with one attached hydrogen (secondary N) is 2. The number of aromatic carboxylic acids is 1. The molecular weight excluding hydrogens is 498 g/mol. The van der Waals surface area contributed by atoms with E-state index in [0.717, 1.165) is 30.6 Å². The Bertz CT molecular complexity index is 1280. The van der Waals surface area contributed by atoms with Crippen LogP contribution < -0.4 is 15.5 Å². The van der Waals surface area contributed by atoms with Crippen LogP contribution in [0.4, 0.5) is 21.9 Å². The van der Waals surface area contributed by atoms with E-state index in [1.54, 1.807) is 12.1 Å².